The predicted octanol–water partition coefficient (Wildman–Crippen LogP) is 3.73. The summed E-state index contributed by atoms with van der Waals surface area (Å²) in [5.74, 6) is 10.9. The van der Waals surface area contributed by atoms with Crippen molar-refractivity contribution in [2.75, 3.05) is 0 Å². The molecule has 0 amide bonds. The van der Waals surface area contributed by atoms with Gasteiger partial charge >= 0.3 is 0 Å². The fourth-order valence-electron chi connectivity index (χ4n) is 5.95. The minimum absolute atomic E-state index is 0.646. The van der Waals surface area contributed by atoms with Crippen LogP contribution in [0, 0.1) is 29.6 Å². The van der Waals surface area contributed by atoms with E-state index in [0.29, 0.717) is 5.92 Å². The molecule has 0 atom stereocenters. The van der Waals surface area contributed by atoms with E-state index >= 15 is 0 Å². The van der Waals surface area contributed by atoms with Gasteiger partial charge in [0.15, 0.2) is 0 Å². The van der Waals surface area contributed by atoms with Gasteiger partial charge in [-0.1, -0.05) is 12.1 Å². The van der Waals surface area contributed by atoms with Gasteiger partial charge in [0.2, 0.25) is 0 Å². The van der Waals surface area contributed by atoms with Crippen LogP contribution in [0.2, 0.25) is 0 Å². The molecule has 1 aliphatic heterocycles. The van der Waals surface area contributed by atoms with Crippen molar-refractivity contribution in [3.63, 3.8) is 0 Å². The van der Waals surface area contributed by atoms with Gasteiger partial charge in [-0.15, -0.1) is 0 Å². The molecule has 3 N–H and O–H groups in total. The summed E-state index contributed by atoms with van der Waals surface area (Å²) in [5.41, 5.74) is 6.06. The molecule has 4 aliphatic carbocycles. The molecule has 5 aliphatic rings. The highest BCUT2D eigenvalue weighted by Crippen LogP contribution is 2.57. The normalized spacial score (nSPS) is 37.7. The second-order valence-electron chi connectivity index (χ2n) is 7.93. The third-order valence-electron chi connectivity index (χ3n) is 6.53. The Morgan fingerprint density at radius 3 is 2.09 bits per heavy atom. The summed E-state index contributed by atoms with van der Waals surface area (Å²) in [6, 6.07) is 8.16. The molecule has 0 saturated heterocycles. The molecule has 0 spiro atoms. The van der Waals surface area contributed by atoms with Crippen molar-refractivity contribution in [3.8, 4) is 0 Å². The number of hydrogen-bond donors (Lipinski definition) is 2. The van der Waals surface area contributed by atoms with Crippen molar-refractivity contribution in [3.05, 3.63) is 24.3 Å². The molecule has 23 heavy (non-hydrogen) atoms. The van der Waals surface area contributed by atoms with Crippen molar-refractivity contribution in [1.29, 1.82) is 0 Å². The van der Waals surface area contributed by atoms with Crippen LogP contribution in [0.5, 0.6) is 0 Å². The van der Waals surface area contributed by atoms with Gasteiger partial charge in [-0.2, -0.15) is 0 Å². The molecule has 4 bridgehead atoms. The number of hydrogen-bond acceptors (Lipinski definition) is 4. The minimum Gasteiger partial charge on any atom is -0.312 e. The summed E-state index contributed by atoms with van der Waals surface area (Å²) < 4.78 is 0. The molecular weight excluding hydrogens is 284 g/mol. The minimum atomic E-state index is 0.646. The first-order valence-electron chi connectivity index (χ1n) is 9.01. The third kappa shape index (κ3) is 2.23. The number of fused-ring (bicyclic) bond motifs is 1. The van der Waals surface area contributed by atoms with Gasteiger partial charge in [0, 0.05) is 18.1 Å². The summed E-state index contributed by atoms with van der Waals surface area (Å²) >= 11 is 0. The van der Waals surface area contributed by atoms with E-state index in [9.17, 15) is 0 Å². The molecular formula is C19H24N4. The Morgan fingerprint density at radius 1 is 0.870 bits per heavy atom. The lowest BCUT2D eigenvalue weighted by Crippen LogP contribution is -2.48. The van der Waals surface area contributed by atoms with Crippen LogP contribution in [0.15, 0.2) is 34.3 Å². The summed E-state index contributed by atoms with van der Waals surface area (Å²) in [4.78, 5) is 9.78. The standard InChI is InChI=1S/C19H24N4/c20-23-18-10-17(21-15-3-1-2-4-16(15)22-18)19-13-6-11-5-12(8-13)9-14(19)7-11/h1-4,11-14,19H,5-10,20H2,(H,22,23). The van der Waals surface area contributed by atoms with Gasteiger partial charge in [0.05, 0.1) is 11.4 Å². The van der Waals surface area contributed by atoms with Gasteiger partial charge < -0.3 is 5.43 Å². The van der Waals surface area contributed by atoms with Gasteiger partial charge in [0.25, 0.3) is 0 Å². The average Bonchev–Trinajstić information content (AvgIpc) is 2.73. The lowest BCUT2D eigenvalue weighted by molar-refractivity contribution is -0.00861. The highest BCUT2D eigenvalue weighted by atomic mass is 15.3. The van der Waals surface area contributed by atoms with Crippen molar-refractivity contribution in [2.24, 2.45) is 45.4 Å². The highest BCUT2D eigenvalue weighted by molar-refractivity contribution is 6.08. The molecule has 1 heterocycles. The van der Waals surface area contributed by atoms with Gasteiger partial charge in [-0.3, -0.25) is 4.99 Å². The zero-order valence-corrected chi connectivity index (χ0v) is 13.4. The molecule has 4 nitrogen and oxygen atoms in total. The number of rotatable bonds is 1. The third-order valence-corrected chi connectivity index (χ3v) is 6.53. The molecule has 6 rings (SSSR count). The maximum absolute atomic E-state index is 5.73. The predicted molar refractivity (Wildman–Crippen MR) is 93.1 cm³/mol. The van der Waals surface area contributed by atoms with Crippen LogP contribution in [-0.4, -0.2) is 11.5 Å². The smallest absolute Gasteiger partial charge is 0.122 e. The molecule has 4 fully saturated rings. The van der Waals surface area contributed by atoms with E-state index in [0.717, 1.165) is 47.3 Å². The molecule has 4 heteroatoms. The van der Waals surface area contributed by atoms with Crippen LogP contribution in [0.3, 0.4) is 0 Å². The Morgan fingerprint density at radius 2 is 1.48 bits per heavy atom. The number of nitrogens with one attached hydrogen (secondary N) is 1. The number of aliphatic imine (C=N–C) groups is 2. The zero-order chi connectivity index (χ0) is 15.4. The molecule has 1 aromatic rings. The van der Waals surface area contributed by atoms with Crippen LogP contribution < -0.4 is 11.3 Å². The molecule has 0 radical (unpaired) electrons. The molecule has 120 valence electrons. The van der Waals surface area contributed by atoms with Gasteiger partial charge in [0.1, 0.15) is 5.84 Å². The molecule has 4 saturated carbocycles. The first kappa shape index (κ1) is 13.7. The van der Waals surface area contributed by atoms with Crippen LogP contribution >= 0.6 is 0 Å². The molecule has 1 aromatic carbocycles. The monoisotopic (exact) mass is 308 g/mol. The van der Waals surface area contributed by atoms with Crippen molar-refractivity contribution >= 4 is 22.9 Å². The highest BCUT2D eigenvalue weighted by Gasteiger charge is 2.49. The second kappa shape index (κ2) is 5.17. The van der Waals surface area contributed by atoms with E-state index in [1.165, 1.54) is 37.8 Å². The van der Waals surface area contributed by atoms with Crippen molar-refractivity contribution < 1.29 is 0 Å². The first-order chi connectivity index (χ1) is 11.3. The Kier molecular flexibility index (Phi) is 3.08. The van der Waals surface area contributed by atoms with Crippen molar-refractivity contribution in [2.45, 2.75) is 38.5 Å². The number of nitrogens with two attached hydrogens (primary N) is 1. The van der Waals surface area contributed by atoms with Crippen LogP contribution in [0.25, 0.3) is 0 Å². The van der Waals surface area contributed by atoms with Crippen LogP contribution in [-0.2, 0) is 0 Å². The summed E-state index contributed by atoms with van der Waals surface area (Å²) in [6.45, 7) is 0. The van der Waals surface area contributed by atoms with E-state index in [-0.39, 0.29) is 0 Å². The molecule has 0 aromatic heterocycles. The number of amidine groups is 1. The lowest BCUT2D eigenvalue weighted by Gasteiger charge is -2.54. The fourth-order valence-corrected chi connectivity index (χ4v) is 5.95. The van der Waals surface area contributed by atoms with E-state index in [2.05, 4.69) is 16.5 Å². The largest absolute Gasteiger partial charge is 0.312 e. The number of nitrogens with zero attached hydrogens (tertiary/aromatic N) is 2. The fraction of sp³-hybridized carbons (Fsp3) is 0.579. The Labute approximate surface area is 137 Å². The average molecular weight is 308 g/mol. The number of benzene rings is 1. The molecule has 0 unspecified atom stereocenters. The first-order valence-corrected chi connectivity index (χ1v) is 9.01. The summed E-state index contributed by atoms with van der Waals surface area (Å²) in [6.07, 6.45) is 7.94. The summed E-state index contributed by atoms with van der Waals surface area (Å²) in [7, 11) is 0. The SMILES string of the molecule is NNC1=Nc2ccccc2N=C(C2C3CC4CC(C3)CC2C4)C1. The zero-order valence-electron chi connectivity index (χ0n) is 13.4. The topological polar surface area (TPSA) is 62.8 Å². The lowest BCUT2D eigenvalue weighted by atomic mass is 9.51. The van der Waals surface area contributed by atoms with Gasteiger partial charge in [-0.05, 0) is 67.9 Å². The quantitative estimate of drug-likeness (QED) is 0.613. The Hall–Kier alpha value is -1.68. The van der Waals surface area contributed by atoms with E-state index in [1.807, 2.05) is 18.2 Å². The summed E-state index contributed by atoms with van der Waals surface area (Å²) in [5, 5.41) is 0. The van der Waals surface area contributed by atoms with E-state index in [1.54, 1.807) is 0 Å². The van der Waals surface area contributed by atoms with E-state index in [4.69, 9.17) is 10.8 Å². The van der Waals surface area contributed by atoms with E-state index < -0.39 is 0 Å². The Balaban J connectivity index is 1.55. The number of para-hydroxylation sites is 2. The van der Waals surface area contributed by atoms with Crippen LogP contribution in [0.1, 0.15) is 38.5 Å². The number of hydrazine groups is 1. The van der Waals surface area contributed by atoms with Crippen LogP contribution in [0.4, 0.5) is 11.4 Å². The maximum atomic E-state index is 5.73. The second-order valence-corrected chi connectivity index (χ2v) is 7.93. The van der Waals surface area contributed by atoms with Gasteiger partial charge in [-0.25, -0.2) is 10.8 Å². The Bertz CT molecular complexity index is 662. The van der Waals surface area contributed by atoms with Crippen molar-refractivity contribution in [1.82, 2.24) is 5.43 Å². The maximum Gasteiger partial charge on any atom is 0.122 e.